The number of rotatable bonds is 7. The van der Waals surface area contributed by atoms with E-state index in [1.54, 1.807) is 31.2 Å². The number of nitrogens with zero attached hydrogens (tertiary/aromatic N) is 2. The van der Waals surface area contributed by atoms with Gasteiger partial charge in [-0.2, -0.15) is 0 Å². The maximum Gasteiger partial charge on any atom is 0.329 e. The summed E-state index contributed by atoms with van der Waals surface area (Å²) in [4.78, 5) is 44.3. The second-order valence-corrected chi connectivity index (χ2v) is 8.17. The number of carbonyl (C=O) groups is 3. The number of amides is 2. The smallest absolute Gasteiger partial charge is 0.329 e. The lowest BCUT2D eigenvalue weighted by atomic mass is 10.0. The maximum absolute atomic E-state index is 13.0. The van der Waals surface area contributed by atoms with Crippen molar-refractivity contribution < 1.29 is 23.5 Å². The van der Waals surface area contributed by atoms with E-state index in [1.807, 2.05) is 44.2 Å². The number of oxazole rings is 1. The van der Waals surface area contributed by atoms with Gasteiger partial charge in [0.25, 0.3) is 11.8 Å². The summed E-state index contributed by atoms with van der Waals surface area (Å²) < 4.78 is 11.2. The minimum absolute atomic E-state index is 0.0651. The molecule has 1 aliphatic rings. The summed E-state index contributed by atoms with van der Waals surface area (Å²) in [5.41, 5.74) is 1.91. The largest absolute Gasteiger partial charge is 0.457 e. The summed E-state index contributed by atoms with van der Waals surface area (Å²) in [7, 11) is 0. The molecule has 0 saturated carbocycles. The predicted octanol–water partition coefficient (Wildman–Crippen LogP) is 4.40. The average Bonchev–Trinajstić information content (AvgIpc) is 3.28. The van der Waals surface area contributed by atoms with Gasteiger partial charge in [0.05, 0.1) is 11.1 Å². The normalized spacial score (nSPS) is 14.1. The first kappa shape index (κ1) is 21.5. The van der Waals surface area contributed by atoms with Gasteiger partial charge < -0.3 is 9.15 Å². The molecule has 7 nitrogen and oxygen atoms in total. The Morgan fingerprint density at radius 1 is 1.00 bits per heavy atom. The van der Waals surface area contributed by atoms with Gasteiger partial charge in [-0.3, -0.25) is 14.5 Å². The molecule has 7 heteroatoms. The Labute approximate surface area is 186 Å². The highest BCUT2D eigenvalue weighted by Gasteiger charge is 2.43. The molecule has 1 unspecified atom stereocenters. The standard InChI is InChI=1S/C25H24N2O5/c1-15(2)13-21(27-23(28)18-11-7-8-12-19(18)24(27)29)25(30)31-14-20-16(3)32-22(26-20)17-9-5-4-6-10-17/h4-12,15,21H,13-14H2,1-3H3. The van der Waals surface area contributed by atoms with Gasteiger partial charge in [-0.15, -0.1) is 0 Å². The summed E-state index contributed by atoms with van der Waals surface area (Å²) in [6, 6.07) is 15.0. The van der Waals surface area contributed by atoms with E-state index in [4.69, 9.17) is 9.15 Å². The lowest BCUT2D eigenvalue weighted by Crippen LogP contribution is -2.46. The van der Waals surface area contributed by atoms with E-state index in [-0.39, 0.29) is 12.5 Å². The minimum Gasteiger partial charge on any atom is -0.457 e. The fourth-order valence-electron chi connectivity index (χ4n) is 3.75. The fraction of sp³-hybridized carbons (Fsp3) is 0.280. The predicted molar refractivity (Wildman–Crippen MR) is 117 cm³/mol. The van der Waals surface area contributed by atoms with Crippen molar-refractivity contribution in [1.82, 2.24) is 9.88 Å². The van der Waals surface area contributed by atoms with Crippen molar-refractivity contribution in [3.63, 3.8) is 0 Å². The molecule has 0 spiro atoms. The maximum atomic E-state index is 13.0. The van der Waals surface area contributed by atoms with Crippen LogP contribution in [0.5, 0.6) is 0 Å². The van der Waals surface area contributed by atoms with Crippen LogP contribution in [0, 0.1) is 12.8 Å². The monoisotopic (exact) mass is 432 g/mol. The van der Waals surface area contributed by atoms with Gasteiger partial charge in [0, 0.05) is 5.56 Å². The van der Waals surface area contributed by atoms with Gasteiger partial charge in [0.15, 0.2) is 0 Å². The lowest BCUT2D eigenvalue weighted by molar-refractivity contribution is -0.150. The zero-order valence-electron chi connectivity index (χ0n) is 18.2. The highest BCUT2D eigenvalue weighted by atomic mass is 16.5. The van der Waals surface area contributed by atoms with Gasteiger partial charge in [0.1, 0.15) is 24.1 Å². The van der Waals surface area contributed by atoms with Gasteiger partial charge in [0.2, 0.25) is 5.89 Å². The Bertz CT molecular complexity index is 1130. The Balaban J connectivity index is 1.52. The van der Waals surface area contributed by atoms with Crippen LogP contribution in [0.4, 0.5) is 0 Å². The van der Waals surface area contributed by atoms with Crippen LogP contribution in [0.15, 0.2) is 59.0 Å². The third kappa shape index (κ3) is 4.06. The number of hydrogen-bond donors (Lipinski definition) is 0. The summed E-state index contributed by atoms with van der Waals surface area (Å²) in [5, 5.41) is 0. The summed E-state index contributed by atoms with van der Waals surface area (Å²) >= 11 is 0. The van der Waals surface area contributed by atoms with Crippen molar-refractivity contribution in [2.24, 2.45) is 5.92 Å². The highest BCUT2D eigenvalue weighted by Crippen LogP contribution is 2.28. The number of ether oxygens (including phenoxy) is 1. The molecule has 2 heterocycles. The number of carbonyl (C=O) groups excluding carboxylic acids is 3. The number of aryl methyl sites for hydroxylation is 1. The van der Waals surface area contributed by atoms with Crippen LogP contribution in [-0.4, -0.2) is 33.7 Å². The van der Waals surface area contributed by atoms with E-state index < -0.39 is 23.8 Å². The number of hydrogen-bond acceptors (Lipinski definition) is 6. The molecule has 1 atom stereocenters. The third-order valence-electron chi connectivity index (χ3n) is 5.37. The van der Waals surface area contributed by atoms with E-state index in [1.165, 1.54) is 0 Å². The molecule has 164 valence electrons. The van der Waals surface area contributed by atoms with Crippen LogP contribution in [-0.2, 0) is 16.1 Å². The molecule has 1 aromatic heterocycles. The number of esters is 1. The molecule has 2 aromatic carbocycles. The third-order valence-corrected chi connectivity index (χ3v) is 5.37. The van der Waals surface area contributed by atoms with E-state index in [0.717, 1.165) is 10.5 Å². The fourth-order valence-corrected chi connectivity index (χ4v) is 3.75. The minimum atomic E-state index is -1.01. The first-order valence-electron chi connectivity index (χ1n) is 10.5. The zero-order chi connectivity index (χ0) is 22.8. The zero-order valence-corrected chi connectivity index (χ0v) is 18.2. The van der Waals surface area contributed by atoms with Crippen molar-refractivity contribution in [2.75, 3.05) is 0 Å². The average molecular weight is 432 g/mol. The second-order valence-electron chi connectivity index (χ2n) is 8.17. The molecule has 32 heavy (non-hydrogen) atoms. The quantitative estimate of drug-likeness (QED) is 0.406. The van der Waals surface area contributed by atoms with Gasteiger partial charge in [-0.05, 0) is 43.5 Å². The topological polar surface area (TPSA) is 89.7 Å². The molecule has 0 N–H and O–H groups in total. The Morgan fingerprint density at radius 2 is 1.59 bits per heavy atom. The first-order valence-corrected chi connectivity index (χ1v) is 10.5. The molecular formula is C25H24N2O5. The van der Waals surface area contributed by atoms with Crippen molar-refractivity contribution in [1.29, 1.82) is 0 Å². The molecule has 0 radical (unpaired) electrons. The SMILES string of the molecule is Cc1oc(-c2ccccc2)nc1COC(=O)C(CC(C)C)N1C(=O)c2ccccc2C1=O. The Kier molecular flexibility index (Phi) is 5.90. The van der Waals surface area contributed by atoms with Crippen LogP contribution in [0.2, 0.25) is 0 Å². The van der Waals surface area contributed by atoms with Crippen molar-refractivity contribution in [3.8, 4) is 11.5 Å². The van der Waals surface area contributed by atoms with Crippen LogP contribution < -0.4 is 0 Å². The van der Waals surface area contributed by atoms with E-state index in [9.17, 15) is 14.4 Å². The molecule has 2 amide bonds. The molecule has 0 saturated heterocycles. The highest BCUT2D eigenvalue weighted by molar-refractivity contribution is 6.22. The van der Waals surface area contributed by atoms with E-state index in [0.29, 0.717) is 34.9 Å². The summed E-state index contributed by atoms with van der Waals surface area (Å²) in [6.45, 7) is 5.48. The summed E-state index contributed by atoms with van der Waals surface area (Å²) in [6.07, 6.45) is 0.303. The van der Waals surface area contributed by atoms with Crippen molar-refractivity contribution >= 4 is 17.8 Å². The number of aromatic nitrogens is 1. The van der Waals surface area contributed by atoms with Crippen LogP contribution in [0.1, 0.15) is 52.4 Å². The van der Waals surface area contributed by atoms with Crippen LogP contribution in [0.3, 0.4) is 0 Å². The second kappa shape index (κ2) is 8.78. The molecule has 1 aliphatic heterocycles. The van der Waals surface area contributed by atoms with E-state index in [2.05, 4.69) is 4.98 Å². The Hall–Kier alpha value is -3.74. The molecule has 3 aromatic rings. The van der Waals surface area contributed by atoms with E-state index >= 15 is 0 Å². The number of benzene rings is 2. The molecule has 0 fully saturated rings. The number of fused-ring (bicyclic) bond motifs is 1. The number of imide groups is 1. The molecular weight excluding hydrogens is 408 g/mol. The van der Waals surface area contributed by atoms with Crippen LogP contribution in [0.25, 0.3) is 11.5 Å². The molecule has 4 rings (SSSR count). The van der Waals surface area contributed by atoms with Gasteiger partial charge in [-0.1, -0.05) is 44.2 Å². The molecule has 0 aliphatic carbocycles. The Morgan fingerprint density at radius 3 is 2.19 bits per heavy atom. The van der Waals surface area contributed by atoms with Crippen molar-refractivity contribution in [2.45, 2.75) is 39.8 Å². The first-order chi connectivity index (χ1) is 15.4. The molecule has 0 bridgehead atoms. The van der Waals surface area contributed by atoms with Crippen LogP contribution >= 0.6 is 0 Å². The van der Waals surface area contributed by atoms with Gasteiger partial charge in [-0.25, -0.2) is 9.78 Å². The lowest BCUT2D eigenvalue weighted by Gasteiger charge is -2.25. The summed E-state index contributed by atoms with van der Waals surface area (Å²) in [5.74, 6) is -0.549. The van der Waals surface area contributed by atoms with Crippen molar-refractivity contribution in [3.05, 3.63) is 77.2 Å². The van der Waals surface area contributed by atoms with Gasteiger partial charge >= 0.3 is 5.97 Å².